The van der Waals surface area contributed by atoms with Gasteiger partial charge in [-0.3, -0.25) is 9.69 Å². The number of hydrogen-bond acceptors (Lipinski definition) is 3. The smallest absolute Gasteiger partial charge is 0.334 e. The predicted octanol–water partition coefficient (Wildman–Crippen LogP) is 4.03. The molecule has 0 N–H and O–H groups in total. The average molecular weight is 329 g/mol. The highest BCUT2D eigenvalue weighted by Crippen LogP contribution is 2.44. The van der Waals surface area contributed by atoms with Crippen molar-refractivity contribution in [2.45, 2.75) is 52.8 Å². The number of amides is 1. The van der Waals surface area contributed by atoms with E-state index in [0.29, 0.717) is 12.0 Å². The van der Waals surface area contributed by atoms with Crippen LogP contribution in [0, 0.1) is 11.3 Å². The Morgan fingerprint density at radius 3 is 2.38 bits per heavy atom. The van der Waals surface area contributed by atoms with E-state index in [1.807, 2.05) is 52.8 Å². The Kier molecular flexibility index (Phi) is 4.88. The van der Waals surface area contributed by atoms with Crippen LogP contribution in [0.2, 0.25) is 0 Å². The lowest BCUT2D eigenvalue weighted by Gasteiger charge is -2.42. The van der Waals surface area contributed by atoms with Crippen LogP contribution in [-0.4, -0.2) is 28.5 Å². The molecule has 1 aliphatic rings. The Bertz CT molecular complexity index is 630. The van der Waals surface area contributed by atoms with Crippen LogP contribution in [0.4, 0.5) is 0 Å². The number of carbonyl (C=O) groups excluding carboxylic acids is 2. The number of nitrogens with zero attached hydrogens (tertiary/aromatic N) is 1. The van der Waals surface area contributed by atoms with Crippen molar-refractivity contribution in [3.63, 3.8) is 0 Å². The van der Waals surface area contributed by atoms with Gasteiger partial charge in [-0.05, 0) is 24.5 Å². The van der Waals surface area contributed by atoms with Crippen molar-refractivity contribution < 1.29 is 14.3 Å². The van der Waals surface area contributed by atoms with Gasteiger partial charge in [0.15, 0.2) is 6.23 Å². The largest absolute Gasteiger partial charge is 0.439 e. The minimum Gasteiger partial charge on any atom is -0.439 e. The highest BCUT2D eigenvalue weighted by Gasteiger charge is 2.61. The van der Waals surface area contributed by atoms with Crippen LogP contribution in [0.25, 0.3) is 0 Å². The van der Waals surface area contributed by atoms with E-state index in [9.17, 15) is 9.59 Å². The van der Waals surface area contributed by atoms with Gasteiger partial charge >= 0.3 is 5.97 Å². The van der Waals surface area contributed by atoms with Crippen LogP contribution in [-0.2, 0) is 9.53 Å². The molecule has 1 heterocycles. The Balaban J connectivity index is 2.62. The van der Waals surface area contributed by atoms with E-state index in [2.05, 4.69) is 6.58 Å². The molecule has 24 heavy (non-hydrogen) atoms. The maximum absolute atomic E-state index is 13.3. The minimum absolute atomic E-state index is 0.0944. The Morgan fingerprint density at radius 1 is 1.33 bits per heavy atom. The number of esters is 1. The van der Waals surface area contributed by atoms with Gasteiger partial charge < -0.3 is 4.74 Å². The van der Waals surface area contributed by atoms with Crippen LogP contribution in [0.15, 0.2) is 43.0 Å². The monoisotopic (exact) mass is 329 g/mol. The lowest BCUT2D eigenvalue weighted by atomic mass is 9.80. The maximum Gasteiger partial charge on any atom is 0.334 e. The second kappa shape index (κ2) is 6.42. The molecule has 4 nitrogen and oxygen atoms in total. The fraction of sp³-hybridized carbons (Fsp3) is 0.500. The lowest BCUT2D eigenvalue weighted by Crippen LogP contribution is -2.58. The number of ether oxygens (including phenoxy) is 1. The molecule has 1 amide bonds. The van der Waals surface area contributed by atoms with E-state index in [4.69, 9.17) is 4.74 Å². The van der Waals surface area contributed by atoms with Gasteiger partial charge in [0.05, 0.1) is 0 Å². The van der Waals surface area contributed by atoms with Crippen molar-refractivity contribution in [3.05, 3.63) is 48.6 Å². The topological polar surface area (TPSA) is 46.6 Å². The first kappa shape index (κ1) is 18.2. The third-order valence-corrected chi connectivity index (χ3v) is 4.63. The van der Waals surface area contributed by atoms with Gasteiger partial charge in [-0.15, -0.1) is 6.58 Å². The summed E-state index contributed by atoms with van der Waals surface area (Å²) in [6, 6.07) is 9.04. The summed E-state index contributed by atoms with van der Waals surface area (Å²) in [5.74, 6) is -0.624. The van der Waals surface area contributed by atoms with E-state index >= 15 is 0 Å². The van der Waals surface area contributed by atoms with E-state index in [0.717, 1.165) is 0 Å². The molecule has 1 saturated heterocycles. The standard InChI is InChI=1S/C20H27NO3/c1-7-13-20(14(2)3)18(23)24-17(19(4,5)6)21(20)16(22)15-11-9-8-10-12-15/h7-12,14,17H,1,13H2,2-6H3/t17-,20-/m0/s1. The summed E-state index contributed by atoms with van der Waals surface area (Å²) in [6.45, 7) is 13.6. The highest BCUT2D eigenvalue weighted by atomic mass is 16.6. The second-order valence-corrected chi connectivity index (χ2v) is 7.74. The molecule has 4 heteroatoms. The summed E-state index contributed by atoms with van der Waals surface area (Å²) >= 11 is 0. The van der Waals surface area contributed by atoms with Crippen molar-refractivity contribution in [2.75, 3.05) is 0 Å². The van der Waals surface area contributed by atoms with Gasteiger partial charge in [0.2, 0.25) is 0 Å². The van der Waals surface area contributed by atoms with Crippen LogP contribution in [0.3, 0.4) is 0 Å². The first-order valence-electron chi connectivity index (χ1n) is 8.37. The van der Waals surface area contributed by atoms with Gasteiger partial charge in [0, 0.05) is 11.0 Å². The summed E-state index contributed by atoms with van der Waals surface area (Å²) < 4.78 is 5.73. The predicted molar refractivity (Wildman–Crippen MR) is 94.3 cm³/mol. The molecule has 130 valence electrons. The summed E-state index contributed by atoms with van der Waals surface area (Å²) in [7, 11) is 0. The highest BCUT2D eigenvalue weighted by molar-refractivity contribution is 6.00. The quantitative estimate of drug-likeness (QED) is 0.619. The van der Waals surface area contributed by atoms with Crippen molar-refractivity contribution in [2.24, 2.45) is 11.3 Å². The SMILES string of the molecule is C=CC[C@]1(C(C)C)C(=O)O[C@@H](C(C)(C)C)N1C(=O)c1ccccc1. The van der Waals surface area contributed by atoms with Crippen molar-refractivity contribution in [1.29, 1.82) is 0 Å². The molecule has 2 atom stereocenters. The summed E-state index contributed by atoms with van der Waals surface area (Å²) in [4.78, 5) is 27.8. The van der Waals surface area contributed by atoms with E-state index < -0.39 is 17.2 Å². The Labute approximate surface area is 144 Å². The normalized spacial score (nSPS) is 24.2. The van der Waals surface area contributed by atoms with Gasteiger partial charge in [-0.1, -0.05) is 58.9 Å². The van der Waals surface area contributed by atoms with Gasteiger partial charge in [0.1, 0.15) is 5.54 Å². The summed E-state index contributed by atoms with van der Waals surface area (Å²) in [5.41, 5.74) is -0.857. The first-order valence-corrected chi connectivity index (χ1v) is 8.37. The Morgan fingerprint density at radius 2 is 1.92 bits per heavy atom. The zero-order valence-electron chi connectivity index (χ0n) is 15.2. The van der Waals surface area contributed by atoms with Crippen LogP contribution >= 0.6 is 0 Å². The number of carbonyl (C=O) groups is 2. The fourth-order valence-corrected chi connectivity index (χ4v) is 3.29. The molecule has 1 aromatic carbocycles. The zero-order chi connectivity index (χ0) is 18.1. The van der Waals surface area contributed by atoms with Crippen molar-refractivity contribution >= 4 is 11.9 Å². The maximum atomic E-state index is 13.3. The lowest BCUT2D eigenvalue weighted by molar-refractivity contribution is -0.149. The molecule has 0 unspecified atom stereocenters. The van der Waals surface area contributed by atoms with Crippen molar-refractivity contribution in [1.82, 2.24) is 4.90 Å². The molecular formula is C20H27NO3. The molecule has 0 aromatic heterocycles. The minimum atomic E-state index is -1.02. The molecular weight excluding hydrogens is 302 g/mol. The molecule has 2 rings (SSSR count). The summed E-state index contributed by atoms with van der Waals surface area (Å²) in [5, 5.41) is 0. The fourth-order valence-electron chi connectivity index (χ4n) is 3.29. The molecule has 0 aliphatic carbocycles. The van der Waals surface area contributed by atoms with E-state index in [1.54, 1.807) is 23.1 Å². The van der Waals surface area contributed by atoms with E-state index in [1.165, 1.54) is 0 Å². The summed E-state index contributed by atoms with van der Waals surface area (Å²) in [6.07, 6.45) is 1.45. The molecule has 1 aliphatic heterocycles. The third kappa shape index (κ3) is 2.85. The van der Waals surface area contributed by atoms with Crippen LogP contribution in [0.1, 0.15) is 51.4 Å². The molecule has 0 bridgehead atoms. The zero-order valence-corrected chi connectivity index (χ0v) is 15.2. The number of rotatable bonds is 4. The molecule has 1 fully saturated rings. The average Bonchev–Trinajstić information content (AvgIpc) is 2.82. The van der Waals surface area contributed by atoms with Gasteiger partial charge in [-0.25, -0.2) is 4.79 Å². The number of benzene rings is 1. The molecule has 0 spiro atoms. The van der Waals surface area contributed by atoms with Crippen LogP contribution in [0.5, 0.6) is 0 Å². The number of hydrogen-bond donors (Lipinski definition) is 0. The van der Waals surface area contributed by atoms with Gasteiger partial charge in [0.25, 0.3) is 5.91 Å². The second-order valence-electron chi connectivity index (χ2n) is 7.74. The van der Waals surface area contributed by atoms with Crippen molar-refractivity contribution in [3.8, 4) is 0 Å². The number of cyclic esters (lactones) is 1. The molecule has 0 radical (unpaired) electrons. The van der Waals surface area contributed by atoms with Crippen LogP contribution < -0.4 is 0 Å². The van der Waals surface area contributed by atoms with E-state index in [-0.39, 0.29) is 17.8 Å². The first-order chi connectivity index (χ1) is 11.2. The third-order valence-electron chi connectivity index (χ3n) is 4.63. The molecule has 0 saturated carbocycles. The molecule has 1 aromatic rings. The van der Waals surface area contributed by atoms with Gasteiger partial charge in [-0.2, -0.15) is 0 Å². The Hall–Kier alpha value is -2.10.